The van der Waals surface area contributed by atoms with Crippen molar-refractivity contribution in [1.82, 2.24) is 0 Å². The van der Waals surface area contributed by atoms with Gasteiger partial charge in [0.15, 0.2) is 0 Å². The van der Waals surface area contributed by atoms with E-state index in [1.165, 1.54) is 0 Å². The number of primary amides is 1. The highest BCUT2D eigenvalue weighted by Gasteiger charge is 2.11. The number of carbonyl (C=O) groups excluding carboxylic acids is 1. The van der Waals surface area contributed by atoms with Gasteiger partial charge in [-0.1, -0.05) is 32.4 Å². The molecule has 0 aliphatic carbocycles. The summed E-state index contributed by atoms with van der Waals surface area (Å²) in [7, 11) is 0. The van der Waals surface area contributed by atoms with Crippen LogP contribution in [0.4, 0.5) is 11.4 Å². The summed E-state index contributed by atoms with van der Waals surface area (Å²) in [4.78, 5) is 12.6. The largest absolute Gasteiger partial charge is 0.368 e. The minimum Gasteiger partial charge on any atom is -0.368 e. The maximum absolute atomic E-state index is 10.9. The van der Waals surface area contributed by atoms with E-state index in [-0.39, 0.29) is 6.54 Å². The fraction of sp³-hybridized carbons (Fsp3) is 0.308. The number of hydrogen-bond acceptors (Lipinski definition) is 4. The van der Waals surface area contributed by atoms with Crippen molar-refractivity contribution in [3.8, 4) is 12.5 Å². The topological polar surface area (TPSA) is 58.4 Å². The van der Waals surface area contributed by atoms with Crippen LogP contribution >= 0.6 is 12.6 Å². The Morgan fingerprint density at radius 1 is 1.50 bits per heavy atom. The number of thiol groups is 1. The first-order chi connectivity index (χ1) is 8.69. The van der Waals surface area contributed by atoms with Crippen LogP contribution < -0.4 is 16.0 Å². The zero-order valence-corrected chi connectivity index (χ0v) is 11.6. The molecule has 0 aromatic heterocycles. The first-order valence-electron chi connectivity index (χ1n) is 5.63. The van der Waals surface area contributed by atoms with E-state index >= 15 is 0 Å². The lowest BCUT2D eigenvalue weighted by Crippen LogP contribution is -2.33. The quantitative estimate of drug-likeness (QED) is 0.330. The third-order valence-electron chi connectivity index (χ3n) is 1.97. The van der Waals surface area contributed by atoms with Crippen molar-refractivity contribution >= 4 is 29.9 Å². The summed E-state index contributed by atoms with van der Waals surface area (Å²) in [5, 5.41) is 2.76. The van der Waals surface area contributed by atoms with Crippen molar-refractivity contribution < 1.29 is 4.79 Å². The average molecular weight is 265 g/mol. The molecule has 5 heteroatoms. The van der Waals surface area contributed by atoms with Gasteiger partial charge in [0.1, 0.15) is 0 Å². The maximum Gasteiger partial charge on any atom is 0.236 e. The maximum atomic E-state index is 10.9. The molecule has 0 unspecified atom stereocenters. The Morgan fingerprint density at radius 2 is 2.11 bits per heavy atom. The second kappa shape index (κ2) is 9.25. The Kier molecular flexibility index (Phi) is 8.33. The van der Waals surface area contributed by atoms with E-state index in [1.54, 1.807) is 4.90 Å². The Balaban J connectivity index is 0.00000137. The highest BCUT2D eigenvalue weighted by Crippen LogP contribution is 2.25. The molecule has 1 aromatic rings. The van der Waals surface area contributed by atoms with Gasteiger partial charge < -0.3 is 16.0 Å². The number of nitrogens with zero attached hydrogens (tertiary/aromatic N) is 1. The molecule has 0 saturated carbocycles. The van der Waals surface area contributed by atoms with Gasteiger partial charge >= 0.3 is 0 Å². The Bertz CT molecular complexity index is 415. The minimum absolute atomic E-state index is 0.104. The Morgan fingerprint density at radius 3 is 2.61 bits per heavy atom. The fourth-order valence-electron chi connectivity index (χ4n) is 1.33. The SMILES string of the molecule is C#CNc1ccccc1N(CS)CC(N)=O.CC. The summed E-state index contributed by atoms with van der Waals surface area (Å²) in [5.74, 6) is -0.0313. The highest BCUT2D eigenvalue weighted by atomic mass is 32.1. The van der Waals surface area contributed by atoms with Gasteiger partial charge in [0.2, 0.25) is 5.91 Å². The second-order valence-corrected chi connectivity index (χ2v) is 3.38. The molecule has 0 radical (unpaired) electrons. The lowest BCUT2D eigenvalue weighted by Gasteiger charge is -2.23. The lowest BCUT2D eigenvalue weighted by atomic mass is 10.2. The fourth-order valence-corrected chi connectivity index (χ4v) is 1.58. The third-order valence-corrected chi connectivity index (χ3v) is 2.31. The van der Waals surface area contributed by atoms with Crippen molar-refractivity contribution in [2.45, 2.75) is 13.8 Å². The molecule has 98 valence electrons. The number of amides is 1. The van der Waals surface area contributed by atoms with Gasteiger partial charge in [-0.15, -0.1) is 0 Å². The smallest absolute Gasteiger partial charge is 0.236 e. The van der Waals surface area contributed by atoms with Crippen molar-refractivity contribution in [2.24, 2.45) is 5.73 Å². The van der Waals surface area contributed by atoms with Crippen LogP contribution in [-0.2, 0) is 4.79 Å². The van der Waals surface area contributed by atoms with Gasteiger partial charge in [0.25, 0.3) is 0 Å². The normalized spacial score (nSPS) is 8.56. The monoisotopic (exact) mass is 265 g/mol. The number of anilines is 2. The van der Waals surface area contributed by atoms with Gasteiger partial charge in [-0.2, -0.15) is 12.6 Å². The number of nitrogens with one attached hydrogen (secondary N) is 1. The molecule has 0 heterocycles. The van der Waals surface area contributed by atoms with E-state index in [0.717, 1.165) is 11.4 Å². The number of benzene rings is 1. The van der Waals surface area contributed by atoms with E-state index < -0.39 is 5.91 Å². The molecule has 1 aromatic carbocycles. The summed E-state index contributed by atoms with van der Waals surface area (Å²) >= 11 is 4.16. The molecule has 0 atom stereocenters. The van der Waals surface area contributed by atoms with Crippen LogP contribution in [0, 0.1) is 12.5 Å². The minimum atomic E-state index is -0.412. The molecule has 0 aliphatic rings. The first-order valence-corrected chi connectivity index (χ1v) is 6.27. The molecule has 18 heavy (non-hydrogen) atoms. The molecule has 3 N–H and O–H groups in total. The van der Waals surface area contributed by atoms with E-state index in [9.17, 15) is 4.79 Å². The van der Waals surface area contributed by atoms with Crippen LogP contribution in [0.2, 0.25) is 0 Å². The summed E-state index contributed by atoms with van der Waals surface area (Å²) in [6.45, 7) is 4.10. The van der Waals surface area contributed by atoms with Crippen molar-refractivity contribution in [2.75, 3.05) is 22.6 Å². The van der Waals surface area contributed by atoms with Crippen LogP contribution in [0.15, 0.2) is 24.3 Å². The Labute approximate surface area is 114 Å². The van der Waals surface area contributed by atoms with Gasteiger partial charge in [0, 0.05) is 6.04 Å². The van der Waals surface area contributed by atoms with Gasteiger partial charge in [-0.3, -0.25) is 4.79 Å². The number of nitrogens with two attached hydrogens (primary N) is 1. The van der Waals surface area contributed by atoms with Crippen LogP contribution in [0.25, 0.3) is 0 Å². The number of hydrogen-bond donors (Lipinski definition) is 3. The number of carbonyl (C=O) groups is 1. The predicted octanol–water partition coefficient (Wildman–Crippen LogP) is 1.89. The zero-order valence-electron chi connectivity index (χ0n) is 10.7. The van der Waals surface area contributed by atoms with Gasteiger partial charge in [0.05, 0.1) is 23.8 Å². The number of terminal acetylenes is 1. The summed E-state index contributed by atoms with van der Waals surface area (Å²) < 4.78 is 0. The van der Waals surface area contributed by atoms with Crippen molar-refractivity contribution in [3.63, 3.8) is 0 Å². The first kappa shape index (κ1) is 16.2. The number of para-hydroxylation sites is 2. The second-order valence-electron chi connectivity index (χ2n) is 3.09. The highest BCUT2D eigenvalue weighted by molar-refractivity contribution is 7.80. The van der Waals surface area contributed by atoms with Crippen LogP contribution in [-0.4, -0.2) is 18.3 Å². The third kappa shape index (κ3) is 5.02. The zero-order chi connectivity index (χ0) is 14.0. The standard InChI is InChI=1S/C11H13N3OS.C2H6/c1-2-13-9-5-3-4-6-10(9)14(8-16)7-11(12)15;1-2/h1,3-6,13,16H,7-8H2,(H2,12,15);1-2H3. The van der Waals surface area contributed by atoms with Crippen molar-refractivity contribution in [3.05, 3.63) is 24.3 Å². The Hall–Kier alpha value is -1.80. The molecule has 1 rings (SSSR count). The van der Waals surface area contributed by atoms with Crippen LogP contribution in [0.3, 0.4) is 0 Å². The molecular weight excluding hydrogens is 246 g/mol. The average Bonchev–Trinajstić information content (AvgIpc) is 2.39. The molecule has 4 nitrogen and oxygen atoms in total. The van der Waals surface area contributed by atoms with Gasteiger partial charge in [-0.05, 0) is 12.1 Å². The summed E-state index contributed by atoms with van der Waals surface area (Å²) in [6.07, 6.45) is 5.18. The predicted molar refractivity (Wildman–Crippen MR) is 80.6 cm³/mol. The summed E-state index contributed by atoms with van der Waals surface area (Å²) in [5.41, 5.74) is 6.71. The molecule has 1 amide bonds. The summed E-state index contributed by atoms with van der Waals surface area (Å²) in [6, 6.07) is 9.72. The number of rotatable bonds is 5. The van der Waals surface area contributed by atoms with Crippen molar-refractivity contribution in [1.29, 1.82) is 0 Å². The van der Waals surface area contributed by atoms with E-state index in [4.69, 9.17) is 12.2 Å². The van der Waals surface area contributed by atoms with Crippen LogP contribution in [0.1, 0.15) is 13.8 Å². The van der Waals surface area contributed by atoms with E-state index in [1.807, 2.05) is 38.1 Å². The van der Waals surface area contributed by atoms with Crippen LogP contribution in [0.5, 0.6) is 0 Å². The van der Waals surface area contributed by atoms with E-state index in [2.05, 4.69) is 24.0 Å². The molecular formula is C13H19N3OS. The molecule has 0 spiro atoms. The molecule has 0 aliphatic heterocycles. The van der Waals surface area contributed by atoms with E-state index in [0.29, 0.717) is 5.88 Å². The molecule has 0 bridgehead atoms. The lowest BCUT2D eigenvalue weighted by molar-refractivity contribution is -0.116. The van der Waals surface area contributed by atoms with Gasteiger partial charge in [-0.25, -0.2) is 0 Å². The molecule has 0 saturated heterocycles. The molecule has 0 fully saturated rings.